The van der Waals surface area contributed by atoms with E-state index in [2.05, 4.69) is 4.74 Å². The Kier molecular flexibility index (Phi) is 5.12. The first kappa shape index (κ1) is 12.3. The Balaban J connectivity index is 2.49. The van der Waals surface area contributed by atoms with Crippen molar-refractivity contribution in [3.63, 3.8) is 0 Å². The van der Waals surface area contributed by atoms with Gasteiger partial charge in [0.15, 0.2) is 0 Å². The van der Waals surface area contributed by atoms with Crippen LogP contribution >= 0.6 is 0 Å². The Morgan fingerprint density at radius 1 is 1.31 bits per heavy atom. The van der Waals surface area contributed by atoms with E-state index in [0.29, 0.717) is 13.0 Å². The first-order valence-corrected chi connectivity index (χ1v) is 5.22. The van der Waals surface area contributed by atoms with E-state index >= 15 is 0 Å². The lowest BCUT2D eigenvalue weighted by molar-refractivity contribution is -0.134. The summed E-state index contributed by atoms with van der Waals surface area (Å²) in [6.45, 7) is 2.62. The minimum atomic E-state index is -0.328. The highest BCUT2D eigenvalue weighted by molar-refractivity contribution is 5.81. The van der Waals surface area contributed by atoms with Crippen LogP contribution in [0.4, 0.5) is 0 Å². The van der Waals surface area contributed by atoms with Gasteiger partial charge in [0, 0.05) is 6.08 Å². The quantitative estimate of drug-likeness (QED) is 0.564. The van der Waals surface area contributed by atoms with Gasteiger partial charge in [-0.05, 0) is 31.0 Å². The van der Waals surface area contributed by atoms with Gasteiger partial charge >= 0.3 is 5.97 Å². The highest BCUT2D eigenvalue weighted by atomic mass is 16.5. The minimum absolute atomic E-state index is 0.328. The summed E-state index contributed by atoms with van der Waals surface area (Å²) in [4.78, 5) is 10.8. The topological polar surface area (TPSA) is 35.5 Å². The number of methoxy groups -OCH3 is 1. The largest absolute Gasteiger partial charge is 0.494 e. The maximum absolute atomic E-state index is 10.8. The SMILES string of the molecule is CCOc1ccc(CC=CC(=O)OC)cc1. The molecule has 0 saturated carbocycles. The molecule has 0 aliphatic rings. The second-order valence-electron chi connectivity index (χ2n) is 3.21. The summed E-state index contributed by atoms with van der Waals surface area (Å²) in [6.07, 6.45) is 3.92. The van der Waals surface area contributed by atoms with Crippen LogP contribution in [0.15, 0.2) is 36.4 Å². The first-order chi connectivity index (χ1) is 7.76. The lowest BCUT2D eigenvalue weighted by Crippen LogP contribution is -1.94. The number of hydrogen-bond acceptors (Lipinski definition) is 3. The van der Waals surface area contributed by atoms with Gasteiger partial charge < -0.3 is 9.47 Å². The van der Waals surface area contributed by atoms with Crippen LogP contribution in [0.2, 0.25) is 0 Å². The molecular weight excluding hydrogens is 204 g/mol. The Morgan fingerprint density at radius 2 is 2.00 bits per heavy atom. The van der Waals surface area contributed by atoms with Gasteiger partial charge in [0.2, 0.25) is 0 Å². The molecule has 0 atom stereocenters. The molecule has 86 valence electrons. The van der Waals surface area contributed by atoms with E-state index < -0.39 is 0 Å². The number of ether oxygens (including phenoxy) is 2. The molecule has 0 radical (unpaired) electrons. The summed E-state index contributed by atoms with van der Waals surface area (Å²) >= 11 is 0. The van der Waals surface area contributed by atoms with E-state index in [1.807, 2.05) is 31.2 Å². The summed E-state index contributed by atoms with van der Waals surface area (Å²) in [5.41, 5.74) is 1.13. The number of rotatable bonds is 5. The zero-order valence-electron chi connectivity index (χ0n) is 9.60. The second-order valence-corrected chi connectivity index (χ2v) is 3.21. The average molecular weight is 220 g/mol. The average Bonchev–Trinajstić information content (AvgIpc) is 2.31. The molecule has 0 fully saturated rings. The van der Waals surface area contributed by atoms with Crippen LogP contribution in [-0.4, -0.2) is 19.7 Å². The molecule has 0 amide bonds. The van der Waals surface area contributed by atoms with Gasteiger partial charge in [0.25, 0.3) is 0 Å². The fourth-order valence-corrected chi connectivity index (χ4v) is 1.25. The molecule has 0 unspecified atom stereocenters. The third kappa shape index (κ3) is 4.17. The molecule has 3 heteroatoms. The molecule has 0 aliphatic carbocycles. The molecule has 1 aromatic rings. The summed E-state index contributed by atoms with van der Waals surface area (Å²) in [5.74, 6) is 0.536. The molecule has 1 rings (SSSR count). The summed E-state index contributed by atoms with van der Waals surface area (Å²) < 4.78 is 9.82. The van der Waals surface area contributed by atoms with Crippen LogP contribution < -0.4 is 4.74 Å². The van der Waals surface area contributed by atoms with E-state index in [4.69, 9.17) is 4.74 Å². The lowest BCUT2D eigenvalue weighted by atomic mass is 10.1. The summed E-state index contributed by atoms with van der Waals surface area (Å²) in [7, 11) is 1.36. The van der Waals surface area contributed by atoms with Crippen LogP contribution in [0.5, 0.6) is 5.75 Å². The normalized spacial score (nSPS) is 10.4. The number of esters is 1. The lowest BCUT2D eigenvalue weighted by Gasteiger charge is -2.03. The van der Waals surface area contributed by atoms with Gasteiger partial charge in [-0.15, -0.1) is 0 Å². The van der Waals surface area contributed by atoms with Crippen LogP contribution in [-0.2, 0) is 16.0 Å². The zero-order valence-corrected chi connectivity index (χ0v) is 9.60. The summed E-state index contributed by atoms with van der Waals surface area (Å²) in [6, 6.07) is 7.80. The van der Waals surface area contributed by atoms with Gasteiger partial charge in [-0.25, -0.2) is 4.79 Å². The molecule has 0 aliphatic heterocycles. The third-order valence-corrected chi connectivity index (χ3v) is 2.04. The number of carbonyl (C=O) groups excluding carboxylic acids is 1. The van der Waals surface area contributed by atoms with Crippen molar-refractivity contribution in [2.24, 2.45) is 0 Å². The van der Waals surface area contributed by atoms with Gasteiger partial charge in [-0.3, -0.25) is 0 Å². The Labute approximate surface area is 95.7 Å². The van der Waals surface area contributed by atoms with Crippen molar-refractivity contribution < 1.29 is 14.3 Å². The van der Waals surface area contributed by atoms with E-state index in [-0.39, 0.29) is 5.97 Å². The smallest absolute Gasteiger partial charge is 0.330 e. The van der Waals surface area contributed by atoms with Gasteiger partial charge in [-0.1, -0.05) is 18.2 Å². The van der Waals surface area contributed by atoms with Crippen LogP contribution in [0, 0.1) is 0 Å². The van der Waals surface area contributed by atoms with E-state index in [9.17, 15) is 4.79 Å². The number of allylic oxidation sites excluding steroid dienone is 1. The van der Waals surface area contributed by atoms with Crippen LogP contribution in [0.3, 0.4) is 0 Å². The molecule has 0 spiro atoms. The maximum Gasteiger partial charge on any atom is 0.330 e. The number of hydrogen-bond donors (Lipinski definition) is 0. The first-order valence-electron chi connectivity index (χ1n) is 5.22. The highest BCUT2D eigenvalue weighted by Gasteiger charge is 1.94. The fraction of sp³-hybridized carbons (Fsp3) is 0.308. The maximum atomic E-state index is 10.8. The second kappa shape index (κ2) is 6.67. The van der Waals surface area contributed by atoms with Crippen molar-refractivity contribution in [2.75, 3.05) is 13.7 Å². The van der Waals surface area contributed by atoms with Crippen LogP contribution in [0.25, 0.3) is 0 Å². The molecule has 1 aromatic carbocycles. The van der Waals surface area contributed by atoms with Crippen molar-refractivity contribution in [1.82, 2.24) is 0 Å². The van der Waals surface area contributed by atoms with Crippen molar-refractivity contribution in [2.45, 2.75) is 13.3 Å². The molecule has 0 bridgehead atoms. The monoisotopic (exact) mass is 220 g/mol. The van der Waals surface area contributed by atoms with E-state index in [1.54, 1.807) is 6.08 Å². The minimum Gasteiger partial charge on any atom is -0.494 e. The van der Waals surface area contributed by atoms with E-state index in [0.717, 1.165) is 11.3 Å². The van der Waals surface area contributed by atoms with Crippen molar-refractivity contribution >= 4 is 5.97 Å². The molecule has 0 heterocycles. The van der Waals surface area contributed by atoms with Gasteiger partial charge in [-0.2, -0.15) is 0 Å². The predicted octanol–water partition coefficient (Wildman–Crippen LogP) is 2.36. The predicted molar refractivity (Wildman–Crippen MR) is 62.5 cm³/mol. The molecule has 0 N–H and O–H groups in total. The highest BCUT2D eigenvalue weighted by Crippen LogP contribution is 2.12. The van der Waals surface area contributed by atoms with Crippen molar-refractivity contribution in [1.29, 1.82) is 0 Å². The fourth-order valence-electron chi connectivity index (χ4n) is 1.25. The van der Waals surface area contributed by atoms with Crippen LogP contribution in [0.1, 0.15) is 12.5 Å². The standard InChI is InChI=1S/C13H16O3/c1-3-16-12-9-7-11(8-10-12)5-4-6-13(14)15-2/h4,6-10H,3,5H2,1-2H3. The molecule has 16 heavy (non-hydrogen) atoms. The van der Waals surface area contributed by atoms with Crippen molar-refractivity contribution in [3.05, 3.63) is 42.0 Å². The molecule has 0 saturated heterocycles. The van der Waals surface area contributed by atoms with E-state index in [1.165, 1.54) is 13.2 Å². The Bertz CT molecular complexity index is 352. The number of benzene rings is 1. The molecule has 3 nitrogen and oxygen atoms in total. The van der Waals surface area contributed by atoms with Crippen molar-refractivity contribution in [3.8, 4) is 5.75 Å². The van der Waals surface area contributed by atoms with Gasteiger partial charge in [0.1, 0.15) is 5.75 Å². The molecule has 0 aromatic heterocycles. The number of carbonyl (C=O) groups is 1. The Hall–Kier alpha value is -1.77. The third-order valence-electron chi connectivity index (χ3n) is 2.04. The molecular formula is C13H16O3. The van der Waals surface area contributed by atoms with Gasteiger partial charge in [0.05, 0.1) is 13.7 Å². The summed E-state index contributed by atoms with van der Waals surface area (Å²) in [5, 5.41) is 0. The Morgan fingerprint density at radius 3 is 2.56 bits per heavy atom. The zero-order chi connectivity index (χ0) is 11.8.